The molecule has 0 aliphatic carbocycles. The number of carbonyl (C=O) groups excluding carboxylic acids is 1. The van der Waals surface area contributed by atoms with Crippen LogP contribution in [0.25, 0.3) is 0 Å². The van der Waals surface area contributed by atoms with Gasteiger partial charge < -0.3 is 10.6 Å². The molecular weight excluding hydrogens is 262 g/mol. The monoisotopic (exact) mass is 297 g/mol. The van der Waals surface area contributed by atoms with Gasteiger partial charge in [-0.05, 0) is 58.0 Å². The molecule has 4 heteroatoms. The van der Waals surface area contributed by atoms with E-state index in [-0.39, 0.29) is 11.9 Å². The second-order valence-electron chi connectivity index (χ2n) is 6.96. The molecule has 1 rings (SSSR count). The summed E-state index contributed by atoms with van der Waals surface area (Å²) in [6.45, 7) is 14.7. The Morgan fingerprint density at radius 2 is 2.00 bits per heavy atom. The Labute approximate surface area is 131 Å². The zero-order valence-corrected chi connectivity index (χ0v) is 14.6. The largest absolute Gasteiger partial charge is 0.354 e. The van der Waals surface area contributed by atoms with Gasteiger partial charge in [0, 0.05) is 19.1 Å². The molecule has 124 valence electrons. The normalized spacial score (nSPS) is 23.0. The molecule has 1 heterocycles. The van der Waals surface area contributed by atoms with Gasteiger partial charge in [0.25, 0.3) is 0 Å². The average molecular weight is 297 g/mol. The molecular formula is C17H35N3O. The lowest BCUT2D eigenvalue weighted by Gasteiger charge is -2.38. The van der Waals surface area contributed by atoms with Gasteiger partial charge in [0.1, 0.15) is 0 Å². The first kappa shape index (κ1) is 18.4. The molecule has 0 spiro atoms. The minimum atomic E-state index is -0.00933. The predicted molar refractivity (Wildman–Crippen MR) is 89.4 cm³/mol. The molecule has 0 saturated carbocycles. The van der Waals surface area contributed by atoms with Crippen molar-refractivity contribution in [2.24, 2.45) is 11.8 Å². The molecule has 1 aliphatic heterocycles. The number of hydrogen-bond donors (Lipinski definition) is 2. The van der Waals surface area contributed by atoms with E-state index in [0.717, 1.165) is 26.2 Å². The van der Waals surface area contributed by atoms with Crippen LogP contribution in [-0.4, -0.2) is 49.1 Å². The third-order valence-corrected chi connectivity index (χ3v) is 4.52. The van der Waals surface area contributed by atoms with Crippen molar-refractivity contribution < 1.29 is 4.79 Å². The highest BCUT2D eigenvalue weighted by molar-refractivity contribution is 5.81. The maximum Gasteiger partial charge on any atom is 0.237 e. The van der Waals surface area contributed by atoms with Gasteiger partial charge in [-0.25, -0.2) is 0 Å². The second kappa shape index (κ2) is 9.42. The summed E-state index contributed by atoms with van der Waals surface area (Å²) >= 11 is 0. The van der Waals surface area contributed by atoms with E-state index in [0.29, 0.717) is 17.9 Å². The SMILES string of the molecule is CCCNC(C)C1CCCN(C(C)C(=O)NCC(C)C)C1. The van der Waals surface area contributed by atoms with E-state index >= 15 is 0 Å². The topological polar surface area (TPSA) is 44.4 Å². The van der Waals surface area contributed by atoms with Crippen LogP contribution in [0.1, 0.15) is 53.9 Å². The summed E-state index contributed by atoms with van der Waals surface area (Å²) < 4.78 is 0. The number of amides is 1. The Bertz CT molecular complexity index is 306. The number of rotatable bonds is 8. The molecule has 1 fully saturated rings. The lowest BCUT2D eigenvalue weighted by molar-refractivity contribution is -0.126. The smallest absolute Gasteiger partial charge is 0.237 e. The van der Waals surface area contributed by atoms with Crippen molar-refractivity contribution in [1.82, 2.24) is 15.5 Å². The molecule has 0 aromatic heterocycles. The van der Waals surface area contributed by atoms with E-state index in [2.05, 4.69) is 43.2 Å². The van der Waals surface area contributed by atoms with Gasteiger partial charge in [0.2, 0.25) is 5.91 Å². The summed E-state index contributed by atoms with van der Waals surface area (Å²) in [5, 5.41) is 6.66. The molecule has 1 saturated heterocycles. The molecule has 1 amide bonds. The zero-order valence-electron chi connectivity index (χ0n) is 14.6. The van der Waals surface area contributed by atoms with E-state index in [1.165, 1.54) is 19.3 Å². The molecule has 4 nitrogen and oxygen atoms in total. The van der Waals surface area contributed by atoms with Crippen LogP contribution in [0.2, 0.25) is 0 Å². The molecule has 2 N–H and O–H groups in total. The molecule has 3 unspecified atom stereocenters. The van der Waals surface area contributed by atoms with Crippen LogP contribution in [0.5, 0.6) is 0 Å². The first-order valence-electron chi connectivity index (χ1n) is 8.70. The van der Waals surface area contributed by atoms with Crippen molar-refractivity contribution in [3.63, 3.8) is 0 Å². The Morgan fingerprint density at radius 3 is 2.62 bits per heavy atom. The molecule has 3 atom stereocenters. The molecule has 0 aromatic carbocycles. The summed E-state index contributed by atoms with van der Waals surface area (Å²) in [5.41, 5.74) is 0. The van der Waals surface area contributed by atoms with Crippen LogP contribution in [-0.2, 0) is 4.79 Å². The Balaban J connectivity index is 2.45. The number of likely N-dealkylation sites (tertiary alicyclic amines) is 1. The van der Waals surface area contributed by atoms with E-state index in [4.69, 9.17) is 0 Å². The lowest BCUT2D eigenvalue weighted by Crippen LogP contribution is -2.52. The number of nitrogens with one attached hydrogen (secondary N) is 2. The highest BCUT2D eigenvalue weighted by Crippen LogP contribution is 2.21. The minimum absolute atomic E-state index is 0.00933. The first-order valence-corrected chi connectivity index (χ1v) is 8.70. The van der Waals surface area contributed by atoms with E-state index in [1.54, 1.807) is 0 Å². The highest BCUT2D eigenvalue weighted by atomic mass is 16.2. The fourth-order valence-corrected chi connectivity index (χ4v) is 2.96. The van der Waals surface area contributed by atoms with Crippen molar-refractivity contribution in [1.29, 1.82) is 0 Å². The third kappa shape index (κ3) is 6.35. The summed E-state index contributed by atoms with van der Waals surface area (Å²) in [6, 6.07) is 0.531. The van der Waals surface area contributed by atoms with E-state index < -0.39 is 0 Å². The Kier molecular flexibility index (Phi) is 8.27. The summed E-state index contributed by atoms with van der Waals surface area (Å²) in [5.74, 6) is 1.35. The van der Waals surface area contributed by atoms with Crippen LogP contribution >= 0.6 is 0 Å². The first-order chi connectivity index (χ1) is 9.95. The van der Waals surface area contributed by atoms with Gasteiger partial charge in [-0.3, -0.25) is 9.69 Å². The summed E-state index contributed by atoms with van der Waals surface area (Å²) in [6.07, 6.45) is 3.65. The van der Waals surface area contributed by atoms with Crippen LogP contribution in [0.15, 0.2) is 0 Å². The van der Waals surface area contributed by atoms with Gasteiger partial charge in [0.15, 0.2) is 0 Å². The van der Waals surface area contributed by atoms with Crippen molar-refractivity contribution in [3.05, 3.63) is 0 Å². The van der Waals surface area contributed by atoms with Crippen molar-refractivity contribution >= 4 is 5.91 Å². The summed E-state index contributed by atoms with van der Waals surface area (Å²) in [7, 11) is 0. The van der Waals surface area contributed by atoms with Crippen LogP contribution < -0.4 is 10.6 Å². The van der Waals surface area contributed by atoms with Gasteiger partial charge >= 0.3 is 0 Å². The molecule has 0 aromatic rings. The number of hydrogen-bond acceptors (Lipinski definition) is 3. The lowest BCUT2D eigenvalue weighted by atomic mass is 9.90. The number of carbonyl (C=O) groups is 1. The van der Waals surface area contributed by atoms with Crippen molar-refractivity contribution in [2.45, 2.75) is 66.0 Å². The maximum absolute atomic E-state index is 12.2. The van der Waals surface area contributed by atoms with Crippen LogP contribution in [0.3, 0.4) is 0 Å². The Morgan fingerprint density at radius 1 is 1.29 bits per heavy atom. The quantitative estimate of drug-likeness (QED) is 0.722. The fraction of sp³-hybridized carbons (Fsp3) is 0.941. The second-order valence-corrected chi connectivity index (χ2v) is 6.96. The van der Waals surface area contributed by atoms with Gasteiger partial charge in [-0.15, -0.1) is 0 Å². The molecule has 21 heavy (non-hydrogen) atoms. The van der Waals surface area contributed by atoms with Crippen molar-refractivity contribution in [2.75, 3.05) is 26.2 Å². The Hall–Kier alpha value is -0.610. The average Bonchev–Trinajstić information content (AvgIpc) is 2.49. The van der Waals surface area contributed by atoms with Gasteiger partial charge in [0.05, 0.1) is 6.04 Å². The fourth-order valence-electron chi connectivity index (χ4n) is 2.96. The number of piperidine rings is 1. The standard InChI is InChI=1S/C17H35N3O/c1-6-9-18-14(4)16-8-7-10-20(12-16)15(5)17(21)19-11-13(2)3/h13-16,18H,6-12H2,1-5H3,(H,19,21). The molecule has 1 aliphatic rings. The van der Waals surface area contributed by atoms with Crippen LogP contribution in [0, 0.1) is 11.8 Å². The van der Waals surface area contributed by atoms with Crippen LogP contribution in [0.4, 0.5) is 0 Å². The minimum Gasteiger partial charge on any atom is -0.354 e. The van der Waals surface area contributed by atoms with E-state index in [1.807, 2.05) is 6.92 Å². The third-order valence-electron chi connectivity index (χ3n) is 4.52. The molecule has 0 bridgehead atoms. The van der Waals surface area contributed by atoms with E-state index in [9.17, 15) is 4.79 Å². The number of nitrogens with zero attached hydrogens (tertiary/aromatic N) is 1. The molecule has 0 radical (unpaired) electrons. The predicted octanol–water partition coefficient (Wildman–Crippen LogP) is 2.25. The zero-order chi connectivity index (χ0) is 15.8. The van der Waals surface area contributed by atoms with Crippen molar-refractivity contribution in [3.8, 4) is 0 Å². The maximum atomic E-state index is 12.2. The van der Waals surface area contributed by atoms with Gasteiger partial charge in [-0.1, -0.05) is 20.8 Å². The van der Waals surface area contributed by atoms with Gasteiger partial charge in [-0.2, -0.15) is 0 Å². The highest BCUT2D eigenvalue weighted by Gasteiger charge is 2.29. The summed E-state index contributed by atoms with van der Waals surface area (Å²) in [4.78, 5) is 14.6.